The molecule has 1 saturated carbocycles. The smallest absolute Gasteiger partial charge is 0.352 e. The van der Waals surface area contributed by atoms with E-state index in [9.17, 15) is 14.7 Å². The van der Waals surface area contributed by atoms with Crippen LogP contribution in [0.5, 0.6) is 0 Å². The molecule has 11 nitrogen and oxygen atoms in total. The number of hydrogen-bond acceptors (Lipinski definition) is 8. The quantitative estimate of drug-likeness (QED) is 0.295. The van der Waals surface area contributed by atoms with Crippen LogP contribution in [0.2, 0.25) is 0 Å². The minimum Gasteiger partial charge on any atom is -0.388 e. The van der Waals surface area contributed by atoms with Crippen molar-refractivity contribution in [3.05, 3.63) is 92.0 Å². The average Bonchev–Trinajstić information content (AvgIpc) is 3.53. The second-order valence-electron chi connectivity index (χ2n) is 11.3. The number of fused-ring (bicyclic) bond motifs is 4. The van der Waals surface area contributed by atoms with Crippen molar-refractivity contribution in [2.75, 3.05) is 0 Å². The van der Waals surface area contributed by atoms with E-state index in [1.165, 1.54) is 14.9 Å². The molecule has 212 valence electrons. The topological polar surface area (TPSA) is 129 Å². The van der Waals surface area contributed by atoms with Gasteiger partial charge in [-0.15, -0.1) is 0 Å². The number of aliphatic hydroxyl groups is 1. The molecule has 1 unspecified atom stereocenters. The summed E-state index contributed by atoms with van der Waals surface area (Å²) in [5.74, 6) is 0.186. The molecule has 7 rings (SSSR count). The summed E-state index contributed by atoms with van der Waals surface area (Å²) >= 11 is 0. The molecular weight excluding hydrogens is 526 g/mol. The molecule has 1 saturated heterocycles. The van der Waals surface area contributed by atoms with Gasteiger partial charge in [-0.1, -0.05) is 46.2 Å². The number of ether oxygens (including phenoxy) is 1. The average molecular weight is 558 g/mol. The molecule has 11 heteroatoms. The molecule has 4 heterocycles. The summed E-state index contributed by atoms with van der Waals surface area (Å²) in [5.41, 5.74) is 5.36. The molecular formula is C30H31N5O6. The van der Waals surface area contributed by atoms with Crippen molar-refractivity contribution in [3.63, 3.8) is 0 Å². The normalized spacial score (nSPS) is 26.3. The molecule has 0 bridgehead atoms. The van der Waals surface area contributed by atoms with Crippen molar-refractivity contribution in [1.82, 2.24) is 19.1 Å². The van der Waals surface area contributed by atoms with Crippen molar-refractivity contribution in [1.29, 1.82) is 0 Å². The van der Waals surface area contributed by atoms with Crippen LogP contribution in [0.25, 0.3) is 16.9 Å². The molecule has 0 amide bonds. The van der Waals surface area contributed by atoms with Gasteiger partial charge < -0.3 is 19.2 Å². The van der Waals surface area contributed by atoms with Gasteiger partial charge in [-0.25, -0.2) is 23.5 Å². The van der Waals surface area contributed by atoms with Crippen molar-refractivity contribution >= 4 is 5.71 Å². The summed E-state index contributed by atoms with van der Waals surface area (Å²) < 4.78 is 15.4. The zero-order chi connectivity index (χ0) is 28.6. The Kier molecular flexibility index (Phi) is 5.91. The third kappa shape index (κ3) is 4.02. The lowest BCUT2D eigenvalue weighted by Gasteiger charge is -2.38. The molecule has 4 aromatic rings. The van der Waals surface area contributed by atoms with Crippen LogP contribution in [0.15, 0.2) is 67.8 Å². The first-order chi connectivity index (χ1) is 19.7. The molecule has 2 fully saturated rings. The maximum Gasteiger partial charge on any atom is 0.352 e. The molecule has 41 heavy (non-hydrogen) atoms. The third-order valence-electron chi connectivity index (χ3n) is 8.48. The standard InChI is InChI=1S/C30H31N5O6/c1-15-12-16(2)23(17(3)13-15)21-14-22(41-31-21)18(4)40-32-24-20-10-11-33-29(37)34(19-8-6-5-7-9-19)30(38)35(33)25(20)26(36)28-27(24)39-28/h5-9,12-14,18,20,25-28,36H,10-11H2,1-4H3/b32-24+/t18-,20+,25?,26-,27+,28-/m0/s1. The first kappa shape index (κ1) is 25.7. The zero-order valence-corrected chi connectivity index (χ0v) is 23.2. The Bertz CT molecular complexity index is 1770. The van der Waals surface area contributed by atoms with Crippen LogP contribution in [0.3, 0.4) is 0 Å². The van der Waals surface area contributed by atoms with Crippen molar-refractivity contribution in [2.45, 2.75) is 71.1 Å². The number of aryl methyl sites for hydroxylation is 3. The first-order valence-corrected chi connectivity index (χ1v) is 13.9. The van der Waals surface area contributed by atoms with Gasteiger partial charge in [0.2, 0.25) is 0 Å². The predicted octanol–water partition coefficient (Wildman–Crippen LogP) is 3.22. The highest BCUT2D eigenvalue weighted by Gasteiger charge is 2.61. The van der Waals surface area contributed by atoms with Crippen molar-refractivity contribution in [2.24, 2.45) is 11.1 Å². The molecule has 1 aliphatic carbocycles. The fourth-order valence-electron chi connectivity index (χ4n) is 6.61. The van der Waals surface area contributed by atoms with Gasteiger partial charge >= 0.3 is 11.4 Å². The molecule has 6 atom stereocenters. The Hall–Kier alpha value is -4.22. The highest BCUT2D eigenvalue weighted by molar-refractivity contribution is 5.94. The summed E-state index contributed by atoms with van der Waals surface area (Å²) in [6.07, 6.45) is -1.92. The molecule has 2 aromatic heterocycles. The van der Waals surface area contributed by atoms with E-state index < -0.39 is 41.8 Å². The van der Waals surface area contributed by atoms with E-state index in [0.29, 0.717) is 30.1 Å². The SMILES string of the molecule is Cc1cc(C)c(-c2cc([C@H](C)O/N=C3\[C@H]4CCn5c(=O)n(-c6ccccc6)c(=O)n5C4[C@H](O)[C@@H]4O[C@H]34)on2)c(C)c1. The summed E-state index contributed by atoms with van der Waals surface area (Å²) in [7, 11) is 0. The summed E-state index contributed by atoms with van der Waals surface area (Å²) in [4.78, 5) is 32.7. The van der Waals surface area contributed by atoms with E-state index in [2.05, 4.69) is 43.2 Å². The van der Waals surface area contributed by atoms with E-state index in [0.717, 1.165) is 27.0 Å². The van der Waals surface area contributed by atoms with Crippen LogP contribution in [0.1, 0.15) is 47.9 Å². The molecule has 1 N–H and O–H groups in total. The van der Waals surface area contributed by atoms with E-state index >= 15 is 0 Å². The van der Waals surface area contributed by atoms with Gasteiger partial charge in [0, 0.05) is 24.1 Å². The van der Waals surface area contributed by atoms with Crippen molar-refractivity contribution < 1.29 is 19.2 Å². The number of rotatable bonds is 5. The van der Waals surface area contributed by atoms with Crippen LogP contribution < -0.4 is 11.4 Å². The highest BCUT2D eigenvalue weighted by Crippen LogP contribution is 2.46. The van der Waals surface area contributed by atoms with Crippen LogP contribution in [0.4, 0.5) is 0 Å². The molecule has 3 aliphatic rings. The molecule has 2 aliphatic heterocycles. The Labute approximate surface area is 235 Å². The fraction of sp³-hybridized carbons (Fsp3) is 0.400. The van der Waals surface area contributed by atoms with Gasteiger partial charge in [-0.3, -0.25) is 0 Å². The fourth-order valence-corrected chi connectivity index (χ4v) is 6.61. The molecule has 0 radical (unpaired) electrons. The summed E-state index contributed by atoms with van der Waals surface area (Å²) in [6, 6.07) is 14.2. The predicted molar refractivity (Wildman–Crippen MR) is 149 cm³/mol. The number of oxime groups is 1. The molecule has 0 spiro atoms. The van der Waals surface area contributed by atoms with Gasteiger partial charge in [0.1, 0.15) is 24.0 Å². The Balaban J connectivity index is 1.18. The zero-order valence-electron chi connectivity index (χ0n) is 23.2. The van der Waals surface area contributed by atoms with Crippen LogP contribution in [-0.2, 0) is 16.1 Å². The lowest BCUT2D eigenvalue weighted by atomic mass is 9.78. The number of epoxide rings is 1. The van der Waals surface area contributed by atoms with Gasteiger partial charge in [-0.2, -0.15) is 0 Å². The monoisotopic (exact) mass is 557 g/mol. The van der Waals surface area contributed by atoms with Gasteiger partial charge in [0.05, 0.1) is 17.4 Å². The summed E-state index contributed by atoms with van der Waals surface area (Å²) in [5, 5.41) is 20.0. The number of hydrogen-bond donors (Lipinski definition) is 1. The minimum atomic E-state index is -0.963. The third-order valence-corrected chi connectivity index (χ3v) is 8.48. The number of nitrogens with zero attached hydrogens (tertiary/aromatic N) is 5. The number of para-hydroxylation sites is 1. The second-order valence-corrected chi connectivity index (χ2v) is 11.3. The van der Waals surface area contributed by atoms with E-state index in [-0.39, 0.29) is 5.92 Å². The first-order valence-electron chi connectivity index (χ1n) is 13.9. The largest absolute Gasteiger partial charge is 0.388 e. The number of benzene rings is 2. The Morgan fingerprint density at radius 1 is 1.07 bits per heavy atom. The number of aliphatic hydroxyl groups excluding tert-OH is 1. The van der Waals surface area contributed by atoms with Crippen LogP contribution >= 0.6 is 0 Å². The van der Waals surface area contributed by atoms with Gasteiger partial charge in [-0.05, 0) is 57.4 Å². The maximum atomic E-state index is 13.6. The van der Waals surface area contributed by atoms with Crippen LogP contribution in [0, 0.1) is 26.7 Å². The van der Waals surface area contributed by atoms with Crippen molar-refractivity contribution in [3.8, 4) is 16.9 Å². The maximum absolute atomic E-state index is 13.6. The Morgan fingerprint density at radius 3 is 2.54 bits per heavy atom. The van der Waals surface area contributed by atoms with E-state index in [4.69, 9.17) is 14.1 Å². The lowest BCUT2D eigenvalue weighted by Crippen LogP contribution is -2.53. The Morgan fingerprint density at radius 2 is 1.80 bits per heavy atom. The van der Waals surface area contributed by atoms with Gasteiger partial charge in [0.25, 0.3) is 0 Å². The lowest BCUT2D eigenvalue weighted by molar-refractivity contribution is 0.0266. The van der Waals surface area contributed by atoms with Crippen LogP contribution in [-0.4, -0.2) is 48.2 Å². The second kappa shape index (κ2) is 9.42. The highest BCUT2D eigenvalue weighted by atomic mass is 16.7. The van der Waals surface area contributed by atoms with E-state index in [1.54, 1.807) is 24.3 Å². The van der Waals surface area contributed by atoms with Gasteiger partial charge in [0.15, 0.2) is 11.9 Å². The number of aromatic nitrogens is 4. The van der Waals surface area contributed by atoms with E-state index in [1.807, 2.05) is 19.1 Å². The minimum absolute atomic E-state index is 0.300. The molecule has 2 aromatic carbocycles. The summed E-state index contributed by atoms with van der Waals surface area (Å²) in [6.45, 7) is 8.30.